The van der Waals surface area contributed by atoms with Gasteiger partial charge in [-0.05, 0) is 24.7 Å². The summed E-state index contributed by atoms with van der Waals surface area (Å²) in [5.41, 5.74) is 0.347. The van der Waals surface area contributed by atoms with Gasteiger partial charge in [-0.3, -0.25) is 9.59 Å². The molecule has 0 aromatic carbocycles. The zero-order chi connectivity index (χ0) is 25.7. The van der Waals surface area contributed by atoms with Crippen LogP contribution in [-0.2, 0) is 20.7 Å². The van der Waals surface area contributed by atoms with Crippen LogP contribution in [0.1, 0.15) is 68.7 Å². The third kappa shape index (κ3) is 6.16. The zero-order valence-corrected chi connectivity index (χ0v) is 20.5. The molecule has 0 radical (unpaired) electrons. The number of aliphatic hydroxyl groups is 1. The molecule has 1 aliphatic heterocycles. The smallest absolute Gasteiger partial charge is 0.360 e. The van der Waals surface area contributed by atoms with Crippen molar-refractivity contribution in [3.8, 4) is 11.6 Å². The van der Waals surface area contributed by atoms with Crippen molar-refractivity contribution in [2.24, 2.45) is 11.8 Å². The summed E-state index contributed by atoms with van der Waals surface area (Å²) in [6.07, 6.45) is 4.93. The average Bonchev–Trinajstić information content (AvgIpc) is 3.46. The molecule has 2 bridgehead atoms. The molecule has 0 aliphatic carbocycles. The highest BCUT2D eigenvalue weighted by Crippen LogP contribution is 2.30. The van der Waals surface area contributed by atoms with E-state index in [9.17, 15) is 19.5 Å². The van der Waals surface area contributed by atoms with Gasteiger partial charge in [0, 0.05) is 6.42 Å². The maximum atomic E-state index is 13.2. The number of amides is 2. The maximum absolute atomic E-state index is 13.2. The number of nitrogens with one attached hydrogen (secondary N) is 2. The molecular weight excluding hydrogens is 456 g/mol. The number of ether oxygens (including phenoxy) is 1. The van der Waals surface area contributed by atoms with Crippen LogP contribution in [0.25, 0.3) is 11.6 Å². The van der Waals surface area contributed by atoms with Crippen LogP contribution < -0.4 is 10.6 Å². The molecule has 190 valence electrons. The maximum Gasteiger partial charge on any atom is 0.360 e. The number of aryl methyl sites for hydroxylation is 1. The van der Waals surface area contributed by atoms with Crippen LogP contribution in [0.15, 0.2) is 27.2 Å². The van der Waals surface area contributed by atoms with E-state index >= 15 is 0 Å². The fourth-order valence-electron chi connectivity index (χ4n) is 3.54. The number of aliphatic hydroxyl groups excluding tert-OH is 1. The molecule has 1 aliphatic rings. The molecule has 3 atom stereocenters. The highest BCUT2D eigenvalue weighted by molar-refractivity contribution is 5.89. The van der Waals surface area contributed by atoms with Crippen molar-refractivity contribution in [1.29, 1.82) is 0 Å². The van der Waals surface area contributed by atoms with Crippen molar-refractivity contribution in [3.63, 3.8) is 0 Å². The van der Waals surface area contributed by atoms with Crippen molar-refractivity contribution >= 4 is 17.8 Å². The lowest BCUT2D eigenvalue weighted by Gasteiger charge is -2.25. The van der Waals surface area contributed by atoms with Gasteiger partial charge in [0.05, 0.1) is 7.11 Å². The van der Waals surface area contributed by atoms with Crippen LogP contribution in [0.3, 0.4) is 0 Å². The number of esters is 1. The van der Waals surface area contributed by atoms with Crippen LogP contribution in [0.5, 0.6) is 0 Å². The molecule has 0 saturated heterocycles. The number of allylic oxidation sites excluding steroid dienone is 1. The van der Waals surface area contributed by atoms with E-state index < -0.39 is 36.0 Å². The van der Waals surface area contributed by atoms with E-state index in [2.05, 4.69) is 25.3 Å². The third-order valence-electron chi connectivity index (χ3n) is 5.66. The van der Waals surface area contributed by atoms with Gasteiger partial charge in [0.15, 0.2) is 11.4 Å². The quantitative estimate of drug-likeness (QED) is 0.410. The number of carbonyl (C=O) groups is 3. The summed E-state index contributed by atoms with van der Waals surface area (Å²) in [5.74, 6) is -1.19. The molecule has 3 heterocycles. The number of hydrogen-bond acceptors (Lipinski definition) is 9. The van der Waals surface area contributed by atoms with Crippen molar-refractivity contribution < 1.29 is 33.1 Å². The number of methoxy groups -OCH3 is 1. The number of carbonyl (C=O) groups excluding carboxylic acids is 3. The Balaban J connectivity index is 1.92. The molecule has 11 heteroatoms. The number of hydrogen-bond donors (Lipinski definition) is 3. The normalized spacial score (nSPS) is 19.6. The Labute approximate surface area is 203 Å². The summed E-state index contributed by atoms with van der Waals surface area (Å²) in [5, 5.41) is 15.6. The van der Waals surface area contributed by atoms with E-state index in [4.69, 9.17) is 8.83 Å². The Morgan fingerprint density at radius 2 is 1.97 bits per heavy atom. The molecule has 2 aromatic rings. The van der Waals surface area contributed by atoms with E-state index in [1.54, 1.807) is 19.9 Å². The van der Waals surface area contributed by atoms with Crippen LogP contribution in [0, 0.1) is 11.8 Å². The summed E-state index contributed by atoms with van der Waals surface area (Å²) in [6, 6.07) is -1.49. The van der Waals surface area contributed by atoms with Crippen molar-refractivity contribution in [2.75, 3.05) is 7.11 Å². The lowest BCUT2D eigenvalue weighted by Crippen LogP contribution is -2.51. The number of nitrogens with zero attached hydrogens (tertiary/aromatic N) is 2. The summed E-state index contributed by atoms with van der Waals surface area (Å²) in [4.78, 5) is 46.1. The highest BCUT2D eigenvalue weighted by Gasteiger charge is 2.32. The number of fused-ring (bicyclic) bond motifs is 2. The lowest BCUT2D eigenvalue weighted by molar-refractivity contribution is -0.135. The van der Waals surface area contributed by atoms with Crippen LogP contribution in [0.2, 0.25) is 0 Å². The SMILES string of the molecule is COC(=O)c1coc(-c2nc3oc2CCC=CCC(NC(=O)C(O)C(C)C)C(=O)NC3C(C)C)n1. The Bertz CT molecular complexity index is 1090. The Hall–Kier alpha value is -3.47. The van der Waals surface area contributed by atoms with Gasteiger partial charge in [-0.2, -0.15) is 0 Å². The first-order valence-corrected chi connectivity index (χ1v) is 11.6. The molecule has 3 unspecified atom stereocenters. The second-order valence-electron chi connectivity index (χ2n) is 9.08. The van der Waals surface area contributed by atoms with E-state index in [-0.39, 0.29) is 35.7 Å². The molecular formula is C24H32N4O7. The largest absolute Gasteiger partial charge is 0.464 e. The Morgan fingerprint density at radius 3 is 2.63 bits per heavy atom. The molecule has 35 heavy (non-hydrogen) atoms. The topological polar surface area (TPSA) is 157 Å². The monoisotopic (exact) mass is 488 g/mol. The van der Waals surface area contributed by atoms with Crippen molar-refractivity contribution in [3.05, 3.63) is 35.8 Å². The van der Waals surface area contributed by atoms with E-state index in [0.29, 0.717) is 24.3 Å². The Kier molecular flexibility index (Phi) is 8.44. The van der Waals surface area contributed by atoms with Crippen LogP contribution >= 0.6 is 0 Å². The van der Waals surface area contributed by atoms with Gasteiger partial charge in [0.2, 0.25) is 23.6 Å². The summed E-state index contributed by atoms with van der Waals surface area (Å²) >= 11 is 0. The van der Waals surface area contributed by atoms with E-state index in [1.165, 1.54) is 13.4 Å². The van der Waals surface area contributed by atoms with Gasteiger partial charge in [0.1, 0.15) is 30.2 Å². The van der Waals surface area contributed by atoms with Crippen molar-refractivity contribution in [1.82, 2.24) is 20.6 Å². The van der Waals surface area contributed by atoms with Gasteiger partial charge >= 0.3 is 5.97 Å². The molecule has 0 saturated carbocycles. The minimum absolute atomic E-state index is 0.00620. The third-order valence-corrected chi connectivity index (χ3v) is 5.66. The summed E-state index contributed by atoms with van der Waals surface area (Å²) < 4.78 is 16.2. The number of rotatable bonds is 6. The second kappa shape index (κ2) is 11.3. The predicted octanol–water partition coefficient (Wildman–Crippen LogP) is 2.32. The lowest BCUT2D eigenvalue weighted by atomic mass is 10.0. The first-order chi connectivity index (χ1) is 16.6. The van der Waals surface area contributed by atoms with Crippen LogP contribution in [0.4, 0.5) is 0 Å². The summed E-state index contributed by atoms with van der Waals surface area (Å²) in [7, 11) is 1.25. The number of oxazole rings is 2. The zero-order valence-electron chi connectivity index (χ0n) is 20.5. The first kappa shape index (κ1) is 26.1. The standard InChI is InChI=1S/C24H32N4O7/c1-12(2)17-23-28-18(22-26-15(11-34-22)24(32)33-5)16(35-23)10-8-6-7-9-14(20(30)27-17)25-21(31)19(29)13(3)4/h6-7,11-14,17,19,29H,8-10H2,1-5H3,(H,25,31)(H,27,30). The molecule has 2 aromatic heterocycles. The van der Waals surface area contributed by atoms with Gasteiger partial charge in [0.25, 0.3) is 0 Å². The second-order valence-corrected chi connectivity index (χ2v) is 9.08. The fourth-order valence-corrected chi connectivity index (χ4v) is 3.54. The van der Waals surface area contributed by atoms with E-state index in [0.717, 1.165) is 0 Å². The van der Waals surface area contributed by atoms with Crippen LogP contribution in [-0.4, -0.2) is 52.1 Å². The van der Waals surface area contributed by atoms with Gasteiger partial charge < -0.3 is 29.3 Å². The summed E-state index contributed by atoms with van der Waals surface area (Å²) in [6.45, 7) is 7.24. The number of aromatic nitrogens is 2. The minimum Gasteiger partial charge on any atom is -0.464 e. The first-order valence-electron chi connectivity index (χ1n) is 11.6. The minimum atomic E-state index is -1.22. The van der Waals surface area contributed by atoms with Gasteiger partial charge in [-0.25, -0.2) is 14.8 Å². The predicted molar refractivity (Wildman–Crippen MR) is 124 cm³/mol. The highest BCUT2D eigenvalue weighted by atomic mass is 16.5. The molecule has 0 fully saturated rings. The molecule has 11 nitrogen and oxygen atoms in total. The molecule has 3 N–H and O–H groups in total. The molecule has 3 rings (SSSR count). The van der Waals surface area contributed by atoms with Gasteiger partial charge in [-0.1, -0.05) is 39.8 Å². The average molecular weight is 489 g/mol. The van der Waals surface area contributed by atoms with Crippen molar-refractivity contribution in [2.45, 2.75) is 65.1 Å². The molecule has 2 amide bonds. The van der Waals surface area contributed by atoms with Gasteiger partial charge in [-0.15, -0.1) is 0 Å². The Morgan fingerprint density at radius 1 is 1.23 bits per heavy atom. The molecule has 0 spiro atoms. The van der Waals surface area contributed by atoms with E-state index in [1.807, 2.05) is 19.9 Å². The fraction of sp³-hybridized carbons (Fsp3) is 0.542.